The largest absolute Gasteiger partial charge is 0.247 e. The lowest BCUT2D eigenvalue weighted by molar-refractivity contribution is 1.10. The van der Waals surface area contributed by atoms with Crippen molar-refractivity contribution in [1.29, 1.82) is 0 Å². The lowest BCUT2D eigenvalue weighted by Gasteiger charge is -1.97. The Balaban J connectivity index is 3.03. The lowest BCUT2D eigenvalue weighted by atomic mass is 10.3. The van der Waals surface area contributed by atoms with Gasteiger partial charge in [-0.3, -0.25) is 0 Å². The molecule has 1 atom stereocenters. The zero-order valence-electron chi connectivity index (χ0n) is 6.31. The van der Waals surface area contributed by atoms with Crippen molar-refractivity contribution >= 4 is 33.9 Å². The SMILES string of the molecule is Cc1nc(C)c(C(C)I)s1. The number of aromatic nitrogens is 1. The Labute approximate surface area is 79.0 Å². The van der Waals surface area contributed by atoms with Gasteiger partial charge >= 0.3 is 0 Å². The number of hydrogen-bond donors (Lipinski definition) is 0. The standard InChI is InChI=1S/C7H10INS/c1-4(8)7-5(2)9-6(3)10-7/h4H,1-3H3. The summed E-state index contributed by atoms with van der Waals surface area (Å²) in [5.41, 5.74) is 1.20. The predicted octanol–water partition coefficient (Wildman–Crippen LogP) is 3.26. The van der Waals surface area contributed by atoms with E-state index in [-0.39, 0.29) is 0 Å². The van der Waals surface area contributed by atoms with Gasteiger partial charge in [0.25, 0.3) is 0 Å². The average molecular weight is 267 g/mol. The van der Waals surface area contributed by atoms with E-state index in [9.17, 15) is 0 Å². The maximum atomic E-state index is 4.35. The second-order valence-corrected chi connectivity index (χ2v) is 5.40. The molecule has 0 fully saturated rings. The molecule has 56 valence electrons. The Bertz CT molecular complexity index is 230. The summed E-state index contributed by atoms with van der Waals surface area (Å²) in [7, 11) is 0. The molecule has 0 saturated carbocycles. The van der Waals surface area contributed by atoms with Gasteiger partial charge in [0.15, 0.2) is 0 Å². The van der Waals surface area contributed by atoms with Crippen LogP contribution in [0, 0.1) is 13.8 Å². The van der Waals surface area contributed by atoms with Gasteiger partial charge in [-0.25, -0.2) is 4.98 Å². The fraction of sp³-hybridized carbons (Fsp3) is 0.571. The van der Waals surface area contributed by atoms with E-state index in [1.54, 1.807) is 11.3 Å². The number of halogens is 1. The van der Waals surface area contributed by atoms with Crippen LogP contribution < -0.4 is 0 Å². The summed E-state index contributed by atoms with van der Waals surface area (Å²) >= 11 is 4.22. The first-order valence-electron chi connectivity index (χ1n) is 3.19. The highest BCUT2D eigenvalue weighted by atomic mass is 127. The van der Waals surface area contributed by atoms with Gasteiger partial charge in [-0.05, 0) is 20.8 Å². The van der Waals surface area contributed by atoms with Gasteiger partial charge in [-0.1, -0.05) is 22.6 Å². The number of nitrogens with zero attached hydrogens (tertiary/aromatic N) is 1. The normalized spacial score (nSPS) is 13.6. The third-order valence-corrected chi connectivity index (χ3v) is 3.60. The molecule has 1 heterocycles. The number of hydrogen-bond acceptors (Lipinski definition) is 2. The summed E-state index contributed by atoms with van der Waals surface area (Å²) in [4.78, 5) is 5.76. The molecule has 3 heteroatoms. The molecule has 0 aliphatic rings. The highest BCUT2D eigenvalue weighted by Gasteiger charge is 2.08. The average Bonchev–Trinajstić information content (AvgIpc) is 2.10. The quantitative estimate of drug-likeness (QED) is 0.562. The van der Waals surface area contributed by atoms with Crippen LogP contribution in [0.5, 0.6) is 0 Å². The first-order valence-corrected chi connectivity index (χ1v) is 5.25. The van der Waals surface area contributed by atoms with Crippen molar-refractivity contribution in [2.75, 3.05) is 0 Å². The molecule has 0 amide bonds. The first-order chi connectivity index (χ1) is 4.61. The van der Waals surface area contributed by atoms with E-state index >= 15 is 0 Å². The lowest BCUT2D eigenvalue weighted by Crippen LogP contribution is -1.81. The highest BCUT2D eigenvalue weighted by molar-refractivity contribution is 14.1. The van der Waals surface area contributed by atoms with Crippen molar-refractivity contribution < 1.29 is 0 Å². The number of thiazole rings is 1. The molecular weight excluding hydrogens is 257 g/mol. The number of alkyl halides is 1. The van der Waals surface area contributed by atoms with Gasteiger partial charge in [0, 0.05) is 8.80 Å². The van der Waals surface area contributed by atoms with Crippen LogP contribution in [0.25, 0.3) is 0 Å². The second-order valence-electron chi connectivity index (χ2n) is 2.30. The monoisotopic (exact) mass is 267 g/mol. The van der Waals surface area contributed by atoms with Crippen LogP contribution in [0.15, 0.2) is 0 Å². The maximum absolute atomic E-state index is 4.35. The van der Waals surface area contributed by atoms with E-state index in [2.05, 4.69) is 48.3 Å². The maximum Gasteiger partial charge on any atom is 0.0900 e. The molecule has 0 radical (unpaired) electrons. The van der Waals surface area contributed by atoms with Crippen LogP contribution in [0.2, 0.25) is 0 Å². The van der Waals surface area contributed by atoms with Crippen molar-refractivity contribution in [2.45, 2.75) is 24.7 Å². The van der Waals surface area contributed by atoms with Crippen LogP contribution in [0.1, 0.15) is 26.4 Å². The Morgan fingerprint density at radius 3 is 2.30 bits per heavy atom. The Morgan fingerprint density at radius 2 is 2.10 bits per heavy atom. The zero-order chi connectivity index (χ0) is 7.72. The summed E-state index contributed by atoms with van der Waals surface area (Å²) in [5.74, 6) is 0. The topological polar surface area (TPSA) is 12.9 Å². The van der Waals surface area contributed by atoms with Gasteiger partial charge in [0.2, 0.25) is 0 Å². The Hall–Kier alpha value is 0.360. The minimum atomic E-state index is 0.601. The summed E-state index contributed by atoms with van der Waals surface area (Å²) in [6.07, 6.45) is 0. The van der Waals surface area contributed by atoms with Crippen LogP contribution in [-0.4, -0.2) is 4.98 Å². The minimum absolute atomic E-state index is 0.601. The summed E-state index contributed by atoms with van der Waals surface area (Å²) < 4.78 is 0.601. The van der Waals surface area contributed by atoms with Gasteiger partial charge in [-0.15, -0.1) is 11.3 Å². The molecule has 1 aromatic rings. The molecule has 1 aromatic heterocycles. The predicted molar refractivity (Wildman–Crippen MR) is 54.0 cm³/mol. The zero-order valence-corrected chi connectivity index (χ0v) is 9.28. The molecule has 1 unspecified atom stereocenters. The smallest absolute Gasteiger partial charge is 0.0900 e. The molecule has 0 N–H and O–H groups in total. The van der Waals surface area contributed by atoms with Crippen molar-refractivity contribution in [3.8, 4) is 0 Å². The van der Waals surface area contributed by atoms with Crippen LogP contribution >= 0.6 is 33.9 Å². The van der Waals surface area contributed by atoms with E-state index in [0.29, 0.717) is 3.92 Å². The van der Waals surface area contributed by atoms with Crippen LogP contribution in [0.3, 0.4) is 0 Å². The Kier molecular flexibility index (Phi) is 2.68. The molecule has 0 aliphatic carbocycles. The molecule has 0 aliphatic heterocycles. The minimum Gasteiger partial charge on any atom is -0.247 e. The Morgan fingerprint density at radius 1 is 1.50 bits per heavy atom. The second kappa shape index (κ2) is 3.17. The molecule has 0 bridgehead atoms. The fourth-order valence-electron chi connectivity index (χ4n) is 0.916. The first kappa shape index (κ1) is 8.46. The molecule has 1 nitrogen and oxygen atoms in total. The van der Waals surface area contributed by atoms with E-state index in [4.69, 9.17) is 0 Å². The third-order valence-electron chi connectivity index (χ3n) is 1.30. The van der Waals surface area contributed by atoms with E-state index in [0.717, 1.165) is 0 Å². The highest BCUT2D eigenvalue weighted by Crippen LogP contribution is 2.30. The van der Waals surface area contributed by atoms with Crippen molar-refractivity contribution in [3.05, 3.63) is 15.6 Å². The number of rotatable bonds is 1. The van der Waals surface area contributed by atoms with Gasteiger partial charge < -0.3 is 0 Å². The van der Waals surface area contributed by atoms with E-state index in [1.807, 2.05) is 0 Å². The van der Waals surface area contributed by atoms with E-state index in [1.165, 1.54) is 15.6 Å². The molecule has 0 spiro atoms. The van der Waals surface area contributed by atoms with Crippen LogP contribution in [0.4, 0.5) is 0 Å². The van der Waals surface area contributed by atoms with Gasteiger partial charge in [-0.2, -0.15) is 0 Å². The van der Waals surface area contributed by atoms with Crippen molar-refractivity contribution in [2.24, 2.45) is 0 Å². The molecule has 0 aromatic carbocycles. The number of aryl methyl sites for hydroxylation is 2. The van der Waals surface area contributed by atoms with E-state index < -0.39 is 0 Å². The van der Waals surface area contributed by atoms with Gasteiger partial charge in [0.1, 0.15) is 0 Å². The summed E-state index contributed by atoms with van der Waals surface area (Å²) in [5, 5.41) is 1.18. The van der Waals surface area contributed by atoms with Crippen LogP contribution in [-0.2, 0) is 0 Å². The molecule has 0 saturated heterocycles. The molecule has 10 heavy (non-hydrogen) atoms. The van der Waals surface area contributed by atoms with Gasteiger partial charge in [0.05, 0.1) is 10.7 Å². The summed E-state index contributed by atoms with van der Waals surface area (Å²) in [6, 6.07) is 0. The van der Waals surface area contributed by atoms with Crippen molar-refractivity contribution in [3.63, 3.8) is 0 Å². The summed E-state index contributed by atoms with van der Waals surface area (Å²) in [6.45, 7) is 6.33. The fourth-order valence-corrected chi connectivity index (χ4v) is 2.60. The van der Waals surface area contributed by atoms with Crippen molar-refractivity contribution in [1.82, 2.24) is 4.98 Å². The molecular formula is C7H10INS. The third kappa shape index (κ3) is 1.69. The molecule has 1 rings (SSSR count).